The van der Waals surface area contributed by atoms with E-state index in [0.29, 0.717) is 34.2 Å². The monoisotopic (exact) mass is 488 g/mol. The van der Waals surface area contributed by atoms with Crippen molar-refractivity contribution in [2.75, 3.05) is 25.7 Å². The zero-order valence-electron chi connectivity index (χ0n) is 20.9. The fourth-order valence-corrected chi connectivity index (χ4v) is 4.52. The van der Waals surface area contributed by atoms with Crippen molar-refractivity contribution in [1.82, 2.24) is 25.5 Å². The van der Waals surface area contributed by atoms with Gasteiger partial charge in [-0.1, -0.05) is 0 Å². The van der Waals surface area contributed by atoms with Gasteiger partial charge in [-0.05, 0) is 62.2 Å². The number of methoxy groups -OCH3 is 2. The van der Waals surface area contributed by atoms with E-state index in [1.54, 1.807) is 20.3 Å². The number of fused-ring (bicyclic) bond motifs is 2. The molecule has 10 nitrogen and oxygen atoms in total. The van der Waals surface area contributed by atoms with Gasteiger partial charge in [0.15, 0.2) is 5.82 Å². The number of hydrogen-bond donors (Lipinski definition) is 3. The maximum atomic E-state index is 13.3. The summed E-state index contributed by atoms with van der Waals surface area (Å²) in [7, 11) is 3.15. The molecule has 0 saturated heterocycles. The van der Waals surface area contributed by atoms with E-state index in [1.807, 2.05) is 51.1 Å². The summed E-state index contributed by atoms with van der Waals surface area (Å²) in [4.78, 5) is 35.7. The first-order chi connectivity index (χ1) is 17.2. The number of carbonyl (C=O) groups excluding carboxylic acids is 2. The Hall–Kier alpha value is -4.34. The highest BCUT2D eigenvalue weighted by Crippen LogP contribution is 2.43. The third-order valence-electron chi connectivity index (χ3n) is 6.49. The van der Waals surface area contributed by atoms with Crippen LogP contribution in [-0.2, 0) is 21.5 Å². The van der Waals surface area contributed by atoms with Gasteiger partial charge in [0, 0.05) is 18.3 Å². The largest absolute Gasteiger partial charge is 0.497 e. The molecule has 4 aromatic rings. The van der Waals surface area contributed by atoms with Crippen LogP contribution in [0.15, 0.2) is 36.4 Å². The molecule has 0 unspecified atom stereocenters. The summed E-state index contributed by atoms with van der Waals surface area (Å²) in [6.45, 7) is 5.84. The molecule has 2 aromatic carbocycles. The molecule has 3 heterocycles. The number of aromatic amines is 2. The van der Waals surface area contributed by atoms with Crippen LogP contribution in [0.1, 0.15) is 30.7 Å². The molecule has 0 bridgehead atoms. The van der Waals surface area contributed by atoms with Crippen LogP contribution >= 0.6 is 0 Å². The number of nitrogens with zero attached hydrogens (tertiary/aromatic N) is 3. The summed E-state index contributed by atoms with van der Waals surface area (Å²) < 4.78 is 10.6. The number of aryl methyl sites for hydroxylation is 1. The second-order valence-corrected chi connectivity index (χ2v) is 9.42. The third-order valence-corrected chi connectivity index (χ3v) is 6.49. The molecule has 3 N–H and O–H groups in total. The third kappa shape index (κ3) is 4.04. The highest BCUT2D eigenvalue weighted by molar-refractivity contribution is 6.11. The van der Waals surface area contributed by atoms with E-state index in [0.717, 1.165) is 22.3 Å². The molecule has 186 valence electrons. The van der Waals surface area contributed by atoms with Gasteiger partial charge in [0.05, 0.1) is 36.4 Å². The van der Waals surface area contributed by atoms with Crippen molar-refractivity contribution >= 4 is 28.5 Å². The smallest absolute Gasteiger partial charge is 0.240 e. The van der Waals surface area contributed by atoms with Gasteiger partial charge >= 0.3 is 0 Å². The quantitative estimate of drug-likeness (QED) is 0.367. The molecule has 0 radical (unpaired) electrons. The van der Waals surface area contributed by atoms with Crippen molar-refractivity contribution in [1.29, 1.82) is 0 Å². The number of anilines is 1. The zero-order chi connectivity index (χ0) is 25.6. The number of hydrogen-bond acceptors (Lipinski definition) is 6. The summed E-state index contributed by atoms with van der Waals surface area (Å²) >= 11 is 0. The second-order valence-electron chi connectivity index (χ2n) is 9.42. The van der Waals surface area contributed by atoms with Crippen molar-refractivity contribution in [3.63, 3.8) is 0 Å². The lowest BCUT2D eigenvalue weighted by Gasteiger charge is -2.20. The standard InChI is InChI=1S/C26H28N6O4/c1-14-6-21(31-30-14)24-28-19-10-18-22(11-20(19)29-24)32(25(34)26(18,2)3)13-23(33)27-12-15-7-16(35-4)9-17(8-15)36-5/h6-11H,12-13H2,1-5H3,(H,27,33)(H,28,29)(H,30,31). The maximum Gasteiger partial charge on any atom is 0.240 e. The molecular formula is C26H28N6O4. The first kappa shape index (κ1) is 23.4. The molecule has 0 atom stereocenters. The van der Waals surface area contributed by atoms with Gasteiger partial charge in [-0.3, -0.25) is 14.7 Å². The predicted molar refractivity (Wildman–Crippen MR) is 135 cm³/mol. The Morgan fingerprint density at radius 1 is 1.08 bits per heavy atom. The summed E-state index contributed by atoms with van der Waals surface area (Å²) in [5.74, 6) is 1.50. The number of carbonyl (C=O) groups is 2. The van der Waals surface area contributed by atoms with Gasteiger partial charge in [-0.15, -0.1) is 0 Å². The second kappa shape index (κ2) is 8.71. The molecule has 0 fully saturated rings. The molecule has 0 aliphatic carbocycles. The first-order valence-corrected chi connectivity index (χ1v) is 11.6. The number of nitrogens with one attached hydrogen (secondary N) is 3. The molecule has 2 amide bonds. The Morgan fingerprint density at radius 2 is 1.81 bits per heavy atom. The lowest BCUT2D eigenvalue weighted by molar-refractivity contribution is -0.125. The lowest BCUT2D eigenvalue weighted by Crippen LogP contribution is -2.42. The van der Waals surface area contributed by atoms with Crippen molar-refractivity contribution in [2.24, 2.45) is 0 Å². The minimum absolute atomic E-state index is 0.0995. The fourth-order valence-electron chi connectivity index (χ4n) is 4.52. The van der Waals surface area contributed by atoms with Crippen LogP contribution in [0.5, 0.6) is 11.5 Å². The topological polar surface area (TPSA) is 125 Å². The van der Waals surface area contributed by atoms with E-state index in [9.17, 15) is 9.59 Å². The van der Waals surface area contributed by atoms with Gasteiger partial charge in [0.2, 0.25) is 11.8 Å². The van der Waals surface area contributed by atoms with E-state index in [-0.39, 0.29) is 24.9 Å². The highest BCUT2D eigenvalue weighted by atomic mass is 16.5. The van der Waals surface area contributed by atoms with Gasteiger partial charge in [-0.2, -0.15) is 5.10 Å². The Balaban J connectivity index is 1.39. The summed E-state index contributed by atoms with van der Waals surface area (Å²) in [6, 6.07) is 11.1. The minimum Gasteiger partial charge on any atom is -0.497 e. The van der Waals surface area contributed by atoms with Gasteiger partial charge in [0.25, 0.3) is 0 Å². The van der Waals surface area contributed by atoms with Crippen LogP contribution in [0.4, 0.5) is 5.69 Å². The molecule has 5 rings (SSSR count). The van der Waals surface area contributed by atoms with E-state index in [2.05, 4.69) is 25.5 Å². The number of imidazole rings is 1. The fraction of sp³-hybridized carbons (Fsp3) is 0.308. The van der Waals surface area contributed by atoms with Crippen LogP contribution < -0.4 is 19.7 Å². The Bertz CT molecular complexity index is 1460. The Morgan fingerprint density at radius 3 is 2.44 bits per heavy atom. The number of benzene rings is 2. The first-order valence-electron chi connectivity index (χ1n) is 11.6. The average molecular weight is 489 g/mol. The van der Waals surface area contributed by atoms with E-state index in [1.165, 1.54) is 4.90 Å². The number of amides is 2. The summed E-state index contributed by atoms with van der Waals surface area (Å²) in [6.07, 6.45) is 0. The zero-order valence-corrected chi connectivity index (χ0v) is 20.9. The maximum absolute atomic E-state index is 13.3. The molecule has 10 heteroatoms. The van der Waals surface area contributed by atoms with Gasteiger partial charge in [0.1, 0.15) is 23.7 Å². The number of H-pyrrole nitrogens is 2. The highest BCUT2D eigenvalue weighted by Gasteiger charge is 2.44. The van der Waals surface area contributed by atoms with Gasteiger partial charge in [-0.25, -0.2) is 4.98 Å². The van der Waals surface area contributed by atoms with Crippen molar-refractivity contribution in [3.05, 3.63) is 53.2 Å². The molecule has 0 spiro atoms. The van der Waals surface area contributed by atoms with Crippen LogP contribution in [0, 0.1) is 6.92 Å². The van der Waals surface area contributed by atoms with Crippen LogP contribution in [0.25, 0.3) is 22.6 Å². The SMILES string of the molecule is COc1cc(CNC(=O)CN2C(=O)C(C)(C)c3cc4[nH]c(-c5cc(C)[nH]n5)nc4cc32)cc(OC)c1. The normalized spacial score (nSPS) is 14.2. The molecule has 2 aromatic heterocycles. The molecule has 1 aliphatic heterocycles. The minimum atomic E-state index is -0.780. The summed E-state index contributed by atoms with van der Waals surface area (Å²) in [5, 5.41) is 10.1. The number of rotatable bonds is 7. The van der Waals surface area contributed by atoms with Crippen molar-refractivity contribution in [3.8, 4) is 23.0 Å². The van der Waals surface area contributed by atoms with Crippen LogP contribution in [0.2, 0.25) is 0 Å². The van der Waals surface area contributed by atoms with Gasteiger partial charge < -0.3 is 24.7 Å². The molecule has 36 heavy (non-hydrogen) atoms. The van der Waals surface area contributed by atoms with E-state index < -0.39 is 5.41 Å². The van der Waals surface area contributed by atoms with Crippen LogP contribution in [0.3, 0.4) is 0 Å². The number of ether oxygens (including phenoxy) is 2. The predicted octanol–water partition coefficient (Wildman–Crippen LogP) is 3.22. The Labute approximate surface area is 208 Å². The number of aromatic nitrogens is 4. The molecule has 1 aliphatic rings. The lowest BCUT2D eigenvalue weighted by atomic mass is 9.86. The molecule has 0 saturated carbocycles. The average Bonchev–Trinajstić information content (AvgIpc) is 3.53. The molecular weight excluding hydrogens is 460 g/mol. The van der Waals surface area contributed by atoms with Crippen LogP contribution in [-0.4, -0.2) is 52.7 Å². The van der Waals surface area contributed by atoms with Crippen molar-refractivity contribution in [2.45, 2.75) is 32.7 Å². The van der Waals surface area contributed by atoms with Crippen molar-refractivity contribution < 1.29 is 19.1 Å². The Kier molecular flexibility index (Phi) is 5.66. The van der Waals surface area contributed by atoms with E-state index in [4.69, 9.17) is 9.47 Å². The summed E-state index contributed by atoms with van der Waals surface area (Å²) in [5.41, 5.74) is 4.73. The van der Waals surface area contributed by atoms with E-state index >= 15 is 0 Å².